The van der Waals surface area contributed by atoms with E-state index in [2.05, 4.69) is 26.0 Å². The van der Waals surface area contributed by atoms with E-state index in [1.54, 1.807) is 31.2 Å². The van der Waals surface area contributed by atoms with E-state index in [1.165, 1.54) is 17.9 Å². The molecule has 3 rings (SSSR count). The number of nitrogens with one attached hydrogen (secondary N) is 2. The third-order valence-electron chi connectivity index (χ3n) is 5.44. The van der Waals surface area contributed by atoms with Gasteiger partial charge in [-0.15, -0.1) is 0 Å². The van der Waals surface area contributed by atoms with Gasteiger partial charge in [0.1, 0.15) is 18.4 Å². The van der Waals surface area contributed by atoms with Crippen molar-refractivity contribution >= 4 is 29.6 Å². The highest BCUT2D eigenvalue weighted by molar-refractivity contribution is 9.10. The second-order valence-electron chi connectivity index (χ2n) is 8.85. The maximum Gasteiger partial charge on any atom is 0.459 e. The topological polar surface area (TPSA) is 147 Å². The lowest BCUT2D eigenvalue weighted by Crippen LogP contribution is -2.38. The van der Waals surface area contributed by atoms with Crippen LogP contribution in [0.3, 0.4) is 0 Å². The highest BCUT2D eigenvalue weighted by Gasteiger charge is 2.37. The van der Waals surface area contributed by atoms with Crippen molar-refractivity contribution in [3.8, 4) is 5.75 Å². The normalized spacial score (nSPS) is 19.9. The van der Waals surface area contributed by atoms with Gasteiger partial charge in [-0.05, 0) is 49.9 Å². The molecular weight excluding hydrogens is 573 g/mol. The van der Waals surface area contributed by atoms with Gasteiger partial charge in [-0.1, -0.05) is 29.8 Å². The lowest BCUT2D eigenvalue weighted by atomic mass is 10.0. The van der Waals surface area contributed by atoms with Crippen LogP contribution in [0, 0.1) is 12.8 Å². The number of hydrogen-bond acceptors (Lipinski definition) is 9. The van der Waals surface area contributed by atoms with E-state index in [9.17, 15) is 18.9 Å². The van der Waals surface area contributed by atoms with E-state index in [1.807, 2.05) is 13.8 Å². The Morgan fingerprint density at radius 2 is 1.97 bits per heavy atom. The zero-order valence-electron chi connectivity index (χ0n) is 21.0. The SMILES string of the molecule is COC(=O)[C@H](CCC(C)C)NP(=O)(OC[C@@H]1OC[C@H](n2cc(C)c(=O)[nH]c2=O)O1)Oc1ccc(Br)cc1. The van der Waals surface area contributed by atoms with Gasteiger partial charge in [0.15, 0.2) is 12.5 Å². The van der Waals surface area contributed by atoms with Crippen molar-refractivity contribution in [2.24, 2.45) is 5.92 Å². The standard InChI is InChI=1S/C23H31BrN3O9P/c1-14(2)5-10-18(22(29)32-4)26-37(31,36-17-8-6-16(24)7-9-17)34-13-20-33-12-19(35-20)27-11-15(3)21(28)25-23(27)30/h6-9,11,14,18-20H,5,10,12-13H2,1-4H3,(H,26,31)(H,25,28,30)/t18-,19+,20+,37?/m0/s1. The number of H-pyrrole nitrogens is 1. The van der Waals surface area contributed by atoms with Crippen LogP contribution < -0.4 is 20.9 Å². The Morgan fingerprint density at radius 1 is 1.27 bits per heavy atom. The molecule has 4 atom stereocenters. The first kappa shape index (κ1) is 29.3. The van der Waals surface area contributed by atoms with Gasteiger partial charge >= 0.3 is 19.4 Å². The van der Waals surface area contributed by atoms with Crippen LogP contribution in [-0.2, 0) is 28.1 Å². The van der Waals surface area contributed by atoms with Gasteiger partial charge in [-0.3, -0.25) is 23.7 Å². The summed E-state index contributed by atoms with van der Waals surface area (Å²) in [6.07, 6.45) is 0.547. The van der Waals surface area contributed by atoms with Gasteiger partial charge in [0.05, 0.1) is 13.7 Å². The van der Waals surface area contributed by atoms with Crippen LogP contribution in [0.2, 0.25) is 0 Å². The quantitative estimate of drug-likeness (QED) is 0.273. The third kappa shape index (κ3) is 8.36. The minimum atomic E-state index is -4.15. The van der Waals surface area contributed by atoms with Gasteiger partial charge in [0.25, 0.3) is 5.56 Å². The first-order valence-corrected chi connectivity index (χ1v) is 14.0. The molecule has 12 nitrogen and oxygen atoms in total. The van der Waals surface area contributed by atoms with Crippen LogP contribution in [0.4, 0.5) is 0 Å². The van der Waals surface area contributed by atoms with Crippen LogP contribution in [0.1, 0.15) is 38.5 Å². The smallest absolute Gasteiger partial charge is 0.459 e. The molecule has 204 valence electrons. The number of ether oxygens (including phenoxy) is 3. The fraction of sp³-hybridized carbons (Fsp3) is 0.522. The second-order valence-corrected chi connectivity index (χ2v) is 11.5. The summed E-state index contributed by atoms with van der Waals surface area (Å²) < 4.78 is 43.3. The summed E-state index contributed by atoms with van der Waals surface area (Å²) in [6.45, 7) is 5.21. The van der Waals surface area contributed by atoms with Crippen molar-refractivity contribution in [2.45, 2.75) is 52.2 Å². The van der Waals surface area contributed by atoms with Gasteiger partial charge in [0.2, 0.25) is 0 Å². The molecule has 0 saturated carbocycles. The molecule has 2 aromatic rings. The Bertz CT molecular complexity index is 1230. The number of esters is 1. The average Bonchev–Trinajstić information content (AvgIpc) is 3.32. The molecule has 0 radical (unpaired) electrons. The molecule has 1 aliphatic rings. The van der Waals surface area contributed by atoms with Crippen LogP contribution in [0.5, 0.6) is 5.75 Å². The van der Waals surface area contributed by atoms with Crippen LogP contribution >= 0.6 is 23.7 Å². The Labute approximate surface area is 222 Å². The molecule has 1 aliphatic heterocycles. The number of aryl methyl sites for hydroxylation is 1. The number of halogens is 1. The summed E-state index contributed by atoms with van der Waals surface area (Å²) >= 11 is 3.33. The molecule has 1 fully saturated rings. The Balaban J connectivity index is 1.75. The van der Waals surface area contributed by atoms with E-state index >= 15 is 0 Å². The average molecular weight is 604 g/mol. The summed E-state index contributed by atoms with van der Waals surface area (Å²) in [5.74, 6) is -0.0723. The molecule has 0 spiro atoms. The van der Waals surface area contributed by atoms with Crippen LogP contribution in [0.25, 0.3) is 0 Å². The van der Waals surface area contributed by atoms with Crippen molar-refractivity contribution in [1.82, 2.24) is 14.6 Å². The molecule has 0 aliphatic carbocycles. The largest absolute Gasteiger partial charge is 0.468 e. The minimum Gasteiger partial charge on any atom is -0.468 e. The molecule has 1 unspecified atom stereocenters. The summed E-state index contributed by atoms with van der Waals surface area (Å²) in [7, 11) is -2.91. The predicted octanol–water partition coefficient (Wildman–Crippen LogP) is 3.25. The highest BCUT2D eigenvalue weighted by atomic mass is 79.9. The first-order chi connectivity index (χ1) is 17.5. The van der Waals surface area contributed by atoms with Gasteiger partial charge < -0.3 is 18.7 Å². The third-order valence-corrected chi connectivity index (χ3v) is 7.54. The zero-order valence-corrected chi connectivity index (χ0v) is 23.5. The summed E-state index contributed by atoms with van der Waals surface area (Å²) in [4.78, 5) is 38.4. The number of carbonyl (C=O) groups is 1. The Kier molecular flexibility index (Phi) is 10.3. The molecule has 0 amide bonds. The van der Waals surface area contributed by atoms with Crippen molar-refractivity contribution < 1.29 is 32.6 Å². The predicted molar refractivity (Wildman–Crippen MR) is 137 cm³/mol. The van der Waals surface area contributed by atoms with E-state index in [0.29, 0.717) is 24.3 Å². The second kappa shape index (κ2) is 13.0. The molecule has 1 aromatic heterocycles. The molecule has 2 heterocycles. The molecule has 2 N–H and O–H groups in total. The Morgan fingerprint density at radius 3 is 2.62 bits per heavy atom. The van der Waals surface area contributed by atoms with Gasteiger partial charge in [-0.2, -0.15) is 5.09 Å². The number of nitrogens with zero attached hydrogens (tertiary/aromatic N) is 1. The number of aromatic amines is 1. The monoisotopic (exact) mass is 603 g/mol. The van der Waals surface area contributed by atoms with Gasteiger partial charge in [0, 0.05) is 16.2 Å². The minimum absolute atomic E-state index is 0.0100. The van der Waals surface area contributed by atoms with Gasteiger partial charge in [-0.25, -0.2) is 9.36 Å². The molecule has 1 aromatic carbocycles. The molecule has 37 heavy (non-hydrogen) atoms. The number of carbonyl (C=O) groups excluding carboxylic acids is 1. The van der Waals surface area contributed by atoms with Crippen molar-refractivity contribution in [2.75, 3.05) is 20.3 Å². The summed E-state index contributed by atoms with van der Waals surface area (Å²) in [5, 5.41) is 2.71. The number of benzene rings is 1. The van der Waals surface area contributed by atoms with Crippen molar-refractivity contribution in [3.05, 3.63) is 61.3 Å². The number of aromatic nitrogens is 2. The lowest BCUT2D eigenvalue weighted by Gasteiger charge is -2.25. The van der Waals surface area contributed by atoms with Crippen LogP contribution in [0.15, 0.2) is 44.5 Å². The molecular formula is C23H31BrN3O9P. The van der Waals surface area contributed by atoms with E-state index in [-0.39, 0.29) is 19.0 Å². The zero-order chi connectivity index (χ0) is 27.2. The maximum atomic E-state index is 13.8. The first-order valence-electron chi connectivity index (χ1n) is 11.6. The van der Waals surface area contributed by atoms with Crippen molar-refractivity contribution in [3.63, 3.8) is 0 Å². The maximum absolute atomic E-state index is 13.8. The Hall–Kier alpha value is -2.28. The summed E-state index contributed by atoms with van der Waals surface area (Å²) in [6, 6.07) is 5.63. The number of rotatable bonds is 12. The fourth-order valence-corrected chi connectivity index (χ4v) is 5.21. The van der Waals surface area contributed by atoms with E-state index in [4.69, 9.17) is 23.3 Å². The van der Waals surface area contributed by atoms with Crippen molar-refractivity contribution in [1.29, 1.82) is 0 Å². The molecule has 14 heteroatoms. The highest BCUT2D eigenvalue weighted by Crippen LogP contribution is 2.46. The summed E-state index contributed by atoms with van der Waals surface area (Å²) in [5.41, 5.74) is -0.813. The number of hydrogen-bond donors (Lipinski definition) is 2. The fourth-order valence-electron chi connectivity index (χ4n) is 3.43. The molecule has 1 saturated heterocycles. The lowest BCUT2D eigenvalue weighted by molar-refractivity contribution is -0.143. The molecule has 0 bridgehead atoms. The number of methoxy groups -OCH3 is 1. The van der Waals surface area contributed by atoms with Crippen LogP contribution in [-0.4, -0.2) is 48.2 Å². The van der Waals surface area contributed by atoms with E-state index in [0.717, 1.165) is 4.47 Å². The van der Waals surface area contributed by atoms with E-state index < -0.39 is 43.5 Å².